The molecule has 0 N–H and O–H groups in total. The van der Waals surface area contributed by atoms with E-state index in [0.29, 0.717) is 0 Å². The van der Waals surface area contributed by atoms with Crippen molar-refractivity contribution < 1.29 is 26.7 Å². The molecule has 2 aliphatic heterocycles. The summed E-state index contributed by atoms with van der Waals surface area (Å²) in [6.07, 6.45) is -4.78. The Labute approximate surface area is 469 Å². The summed E-state index contributed by atoms with van der Waals surface area (Å²) in [5.41, 5.74) is 20.8. The molecule has 0 radical (unpaired) electrons. The SMILES string of the molecule is FC(F)(F)Oc1ccc(-c2ccc(N3c4ccccc4C4(c5ccccc5N(c5ccc(-c6cccc7c6oc6ccccc67)cc5)c5ccc(-c6cccc7c6oc6ccccc67)cc54)c4cc(-c5ccccc5)ccc43)cc2)cc1. The van der Waals surface area contributed by atoms with E-state index in [1.54, 1.807) is 12.1 Å². The zero-order valence-corrected chi connectivity index (χ0v) is 43.7. The van der Waals surface area contributed by atoms with E-state index >= 15 is 0 Å². The van der Waals surface area contributed by atoms with Crippen molar-refractivity contribution in [2.24, 2.45) is 0 Å². The van der Waals surface area contributed by atoms with E-state index in [9.17, 15) is 13.2 Å². The lowest BCUT2D eigenvalue weighted by Gasteiger charge is -2.51. The number of nitrogens with zero attached hydrogens (tertiary/aromatic N) is 2. The van der Waals surface area contributed by atoms with Gasteiger partial charge in [-0.05, 0) is 141 Å². The van der Waals surface area contributed by atoms with Crippen molar-refractivity contribution in [2.45, 2.75) is 11.8 Å². The van der Waals surface area contributed by atoms with Crippen LogP contribution in [-0.4, -0.2) is 6.36 Å². The second-order valence-electron chi connectivity index (χ2n) is 21.0. The first-order valence-corrected chi connectivity index (χ1v) is 27.3. The summed E-state index contributed by atoms with van der Waals surface area (Å²) >= 11 is 0. The maximum atomic E-state index is 13.1. The molecule has 8 heteroatoms. The lowest BCUT2D eigenvalue weighted by Crippen LogP contribution is -2.42. The first-order valence-electron chi connectivity index (χ1n) is 27.3. The summed E-state index contributed by atoms with van der Waals surface area (Å²) < 4.78 is 56.9. The lowest BCUT2D eigenvalue weighted by molar-refractivity contribution is -0.274. The van der Waals surface area contributed by atoms with Crippen LogP contribution in [0, 0.1) is 0 Å². The minimum absolute atomic E-state index is 0.267. The van der Waals surface area contributed by atoms with Crippen LogP contribution in [0.25, 0.3) is 88.4 Å². The Morgan fingerprint density at radius 2 is 0.720 bits per heavy atom. The number of rotatable bonds is 7. The molecule has 1 atom stereocenters. The van der Waals surface area contributed by atoms with Crippen LogP contribution in [0.5, 0.6) is 5.75 Å². The Morgan fingerprint density at radius 3 is 1.27 bits per heavy atom. The van der Waals surface area contributed by atoms with Gasteiger partial charge in [0.05, 0.1) is 28.2 Å². The topological polar surface area (TPSA) is 42.0 Å². The molecule has 0 fully saturated rings. The molecule has 0 bridgehead atoms. The summed E-state index contributed by atoms with van der Waals surface area (Å²) in [6, 6.07) is 94.3. The fourth-order valence-corrected chi connectivity index (χ4v) is 13.1. The third-order valence-corrected chi connectivity index (χ3v) is 16.6. The average Bonchev–Trinajstić information content (AvgIpc) is 1.67. The second kappa shape index (κ2) is 18.2. The molecule has 1 spiro atoms. The zero-order chi connectivity index (χ0) is 54.7. The first kappa shape index (κ1) is 47.4. The molecule has 390 valence electrons. The molecule has 82 heavy (non-hydrogen) atoms. The summed E-state index contributed by atoms with van der Waals surface area (Å²) in [7, 11) is 0. The first-order chi connectivity index (χ1) is 40.3. The Kier molecular flexibility index (Phi) is 10.6. The highest BCUT2D eigenvalue weighted by Crippen LogP contribution is 2.65. The predicted molar refractivity (Wildman–Crippen MR) is 324 cm³/mol. The number of furan rings is 2. The highest BCUT2D eigenvalue weighted by molar-refractivity contribution is 6.11. The Bertz CT molecular complexity index is 4830. The molecule has 1 unspecified atom stereocenters. The number of halogens is 3. The minimum Gasteiger partial charge on any atom is -0.455 e. The van der Waals surface area contributed by atoms with Crippen molar-refractivity contribution in [1.29, 1.82) is 0 Å². The second-order valence-corrected chi connectivity index (χ2v) is 21.0. The number of alkyl halides is 3. The van der Waals surface area contributed by atoms with E-state index in [-0.39, 0.29) is 5.75 Å². The van der Waals surface area contributed by atoms with Crippen LogP contribution in [0.1, 0.15) is 22.3 Å². The molecule has 2 aliphatic rings. The molecular weight excluding hydrogens is 1020 g/mol. The van der Waals surface area contributed by atoms with Crippen LogP contribution in [0.3, 0.4) is 0 Å². The van der Waals surface area contributed by atoms with Crippen molar-refractivity contribution >= 4 is 78.0 Å². The van der Waals surface area contributed by atoms with Gasteiger partial charge in [-0.25, -0.2) is 0 Å². The molecule has 4 heterocycles. The number of hydrogen-bond acceptors (Lipinski definition) is 5. The summed E-state index contributed by atoms with van der Waals surface area (Å²) in [5, 5.41) is 4.30. The van der Waals surface area contributed by atoms with Crippen molar-refractivity contribution in [3.63, 3.8) is 0 Å². The van der Waals surface area contributed by atoms with E-state index in [2.05, 4.69) is 221 Å². The van der Waals surface area contributed by atoms with Crippen molar-refractivity contribution in [2.75, 3.05) is 9.80 Å². The Hall–Kier alpha value is -10.6. The highest BCUT2D eigenvalue weighted by atomic mass is 19.4. The number of anilines is 6. The van der Waals surface area contributed by atoms with Crippen LogP contribution in [0.4, 0.5) is 47.3 Å². The van der Waals surface area contributed by atoms with Crippen LogP contribution in [-0.2, 0) is 5.41 Å². The molecule has 0 saturated carbocycles. The Morgan fingerprint density at radius 1 is 0.317 bits per heavy atom. The van der Waals surface area contributed by atoms with Crippen molar-refractivity contribution in [1.82, 2.24) is 0 Å². The van der Waals surface area contributed by atoms with Gasteiger partial charge in [-0.15, -0.1) is 13.2 Å². The van der Waals surface area contributed by atoms with Gasteiger partial charge in [0.25, 0.3) is 0 Å². The van der Waals surface area contributed by atoms with Crippen LogP contribution in [0.15, 0.2) is 282 Å². The number of fused-ring (bicyclic) bond motifs is 14. The maximum absolute atomic E-state index is 13.1. The largest absolute Gasteiger partial charge is 0.573 e. The molecule has 12 aromatic carbocycles. The smallest absolute Gasteiger partial charge is 0.455 e. The van der Waals surface area contributed by atoms with E-state index < -0.39 is 11.8 Å². The standard InChI is InChI=1S/C74H45F3N2O3/c75-74(76,77)82-54-40-32-48(33-41-54)47-28-36-52(37-29-47)78-65-24-8-6-22-61(65)73(63-44-50(34-42-67(63)78)46-14-2-1-3-15-46)62-23-7-9-25-66(62)79(53-38-30-49(31-39-53)55-18-12-20-59-57-16-4-10-26-69(57)80-71(55)59)68-43-35-51(45-64(68)73)56-19-13-21-60-58-17-5-11-27-70(58)81-72(56)60/h1-45H. The van der Waals surface area contributed by atoms with Crippen molar-refractivity contribution in [3.8, 4) is 50.3 Å². The highest BCUT2D eigenvalue weighted by Gasteiger charge is 2.52. The summed E-state index contributed by atoms with van der Waals surface area (Å²) in [5.74, 6) is -0.267. The summed E-state index contributed by atoms with van der Waals surface area (Å²) in [6.45, 7) is 0. The number of para-hydroxylation sites is 6. The van der Waals surface area contributed by atoms with Gasteiger partial charge in [-0.3, -0.25) is 0 Å². The van der Waals surface area contributed by atoms with Gasteiger partial charge in [-0.2, -0.15) is 0 Å². The van der Waals surface area contributed by atoms with Gasteiger partial charge >= 0.3 is 6.36 Å². The molecular formula is C74H45F3N2O3. The fraction of sp³-hybridized carbons (Fsp3) is 0.0270. The van der Waals surface area contributed by atoms with Crippen LogP contribution < -0.4 is 14.5 Å². The molecule has 0 amide bonds. The molecule has 2 aromatic heterocycles. The summed E-state index contributed by atoms with van der Waals surface area (Å²) in [4.78, 5) is 4.77. The third kappa shape index (κ3) is 7.34. The molecule has 16 rings (SSSR count). The van der Waals surface area contributed by atoms with Gasteiger partial charge in [0, 0.05) is 44.0 Å². The van der Waals surface area contributed by atoms with Gasteiger partial charge < -0.3 is 23.4 Å². The molecule has 14 aromatic rings. The molecule has 5 nitrogen and oxygen atoms in total. The fourth-order valence-electron chi connectivity index (χ4n) is 13.1. The van der Waals surface area contributed by atoms with Gasteiger partial charge in [0.2, 0.25) is 0 Å². The molecule has 0 aliphatic carbocycles. The quantitative estimate of drug-likeness (QED) is 0.159. The van der Waals surface area contributed by atoms with Gasteiger partial charge in [0.15, 0.2) is 0 Å². The van der Waals surface area contributed by atoms with E-state index in [1.807, 2.05) is 42.5 Å². The lowest BCUT2D eigenvalue weighted by atomic mass is 9.59. The Balaban J connectivity index is 0.930. The minimum atomic E-state index is -4.78. The normalized spacial score (nSPS) is 14.5. The average molecular weight is 1070 g/mol. The monoisotopic (exact) mass is 1070 g/mol. The van der Waals surface area contributed by atoms with E-state index in [1.165, 1.54) is 12.1 Å². The van der Waals surface area contributed by atoms with Crippen molar-refractivity contribution in [3.05, 3.63) is 295 Å². The van der Waals surface area contributed by atoms with E-state index in [4.69, 9.17) is 8.83 Å². The third-order valence-electron chi connectivity index (χ3n) is 16.6. The number of ether oxygens (including phenoxy) is 1. The van der Waals surface area contributed by atoms with Gasteiger partial charge in [0.1, 0.15) is 28.1 Å². The number of hydrogen-bond donors (Lipinski definition) is 0. The van der Waals surface area contributed by atoms with E-state index in [0.717, 1.165) is 145 Å². The van der Waals surface area contributed by atoms with Gasteiger partial charge in [-0.1, -0.05) is 188 Å². The molecule has 0 saturated heterocycles. The van der Waals surface area contributed by atoms with Crippen LogP contribution >= 0.6 is 0 Å². The van der Waals surface area contributed by atoms with Crippen LogP contribution in [0.2, 0.25) is 0 Å². The predicted octanol–water partition coefficient (Wildman–Crippen LogP) is 21.0. The zero-order valence-electron chi connectivity index (χ0n) is 43.7. The number of benzene rings is 12. The maximum Gasteiger partial charge on any atom is 0.573 e.